The van der Waals surface area contributed by atoms with Gasteiger partial charge in [0.1, 0.15) is 0 Å². The molecule has 0 atom stereocenters. The van der Waals surface area contributed by atoms with Crippen molar-refractivity contribution in [3.05, 3.63) is 29.8 Å². The summed E-state index contributed by atoms with van der Waals surface area (Å²) in [5.74, 6) is 0.0750. The van der Waals surface area contributed by atoms with Crippen LogP contribution in [0.4, 0.5) is 13.2 Å². The molecule has 0 radical (unpaired) electrons. The summed E-state index contributed by atoms with van der Waals surface area (Å²) < 4.78 is 36.5. The van der Waals surface area contributed by atoms with E-state index in [4.69, 9.17) is 0 Å². The molecule has 0 saturated carbocycles. The zero-order valence-electron chi connectivity index (χ0n) is 9.54. The minimum absolute atomic E-state index is 0.0482. The lowest BCUT2D eigenvalue weighted by Crippen LogP contribution is -2.04. The number of hydrogen-bond acceptors (Lipinski definition) is 2. The number of halogens is 3. The number of carbonyl (C=O) groups is 1. The maximum atomic E-state index is 12.2. The number of ketones is 1. The highest BCUT2D eigenvalue weighted by Crippen LogP contribution is 2.37. The third-order valence-corrected chi connectivity index (χ3v) is 2.70. The molecule has 0 spiro atoms. The van der Waals surface area contributed by atoms with E-state index >= 15 is 0 Å². The first-order valence-corrected chi connectivity index (χ1v) is 5.98. The van der Waals surface area contributed by atoms with E-state index in [1.54, 1.807) is 6.07 Å². The van der Waals surface area contributed by atoms with Crippen LogP contribution in [0.1, 0.15) is 30.6 Å². The van der Waals surface area contributed by atoms with Crippen molar-refractivity contribution in [1.82, 2.24) is 0 Å². The number of hydrogen-bond donors (Lipinski definition) is 0. The Labute approximate surface area is 102 Å². The molecule has 5 heteroatoms. The number of thioether (sulfide) groups is 1. The Hall–Kier alpha value is -0.970. The van der Waals surface area contributed by atoms with Crippen molar-refractivity contribution >= 4 is 17.5 Å². The van der Waals surface area contributed by atoms with Gasteiger partial charge in [-0.1, -0.05) is 26.0 Å². The Kier molecular flexibility index (Phi) is 4.62. The van der Waals surface area contributed by atoms with Gasteiger partial charge in [0.15, 0.2) is 5.78 Å². The van der Waals surface area contributed by atoms with E-state index in [1.165, 1.54) is 18.2 Å². The fourth-order valence-electron chi connectivity index (χ4n) is 1.36. The van der Waals surface area contributed by atoms with Crippen molar-refractivity contribution < 1.29 is 18.0 Å². The molecule has 0 aliphatic rings. The highest BCUT2D eigenvalue weighted by molar-refractivity contribution is 8.00. The van der Waals surface area contributed by atoms with E-state index in [9.17, 15) is 18.0 Å². The topological polar surface area (TPSA) is 17.1 Å². The quantitative estimate of drug-likeness (QED) is 0.586. The predicted molar refractivity (Wildman–Crippen MR) is 62.1 cm³/mol. The van der Waals surface area contributed by atoms with Gasteiger partial charge in [-0.05, 0) is 29.8 Å². The SMILES string of the molecule is CC(C)CC(=O)c1cccc(SC(F)(F)F)c1. The van der Waals surface area contributed by atoms with Gasteiger partial charge in [0, 0.05) is 16.9 Å². The lowest BCUT2D eigenvalue weighted by molar-refractivity contribution is -0.0328. The Morgan fingerprint density at radius 2 is 2.00 bits per heavy atom. The van der Waals surface area contributed by atoms with E-state index in [1.807, 2.05) is 13.8 Å². The first kappa shape index (κ1) is 14.1. The van der Waals surface area contributed by atoms with Crippen LogP contribution in [-0.2, 0) is 0 Å². The van der Waals surface area contributed by atoms with E-state index in [0.29, 0.717) is 12.0 Å². The van der Waals surface area contributed by atoms with E-state index in [-0.39, 0.29) is 28.4 Å². The van der Waals surface area contributed by atoms with Crippen molar-refractivity contribution in [2.45, 2.75) is 30.7 Å². The molecule has 1 nitrogen and oxygen atoms in total. The second kappa shape index (κ2) is 5.58. The summed E-state index contributed by atoms with van der Waals surface area (Å²) in [6.07, 6.45) is 0.347. The molecule has 1 aromatic carbocycles. The van der Waals surface area contributed by atoms with E-state index in [2.05, 4.69) is 0 Å². The third-order valence-electron chi connectivity index (χ3n) is 1.98. The zero-order chi connectivity index (χ0) is 13.1. The third kappa shape index (κ3) is 5.26. The molecule has 1 aromatic rings. The molecule has 0 unspecified atom stereocenters. The van der Waals surface area contributed by atoms with Crippen LogP contribution in [-0.4, -0.2) is 11.3 Å². The van der Waals surface area contributed by atoms with Gasteiger partial charge in [-0.2, -0.15) is 13.2 Å². The predicted octanol–water partition coefficient (Wildman–Crippen LogP) is 4.53. The lowest BCUT2D eigenvalue weighted by atomic mass is 10.0. The van der Waals surface area contributed by atoms with Crippen molar-refractivity contribution in [3.8, 4) is 0 Å². The number of Topliss-reactive ketones (excluding diaryl/α,β-unsaturated/α-hetero) is 1. The molecule has 0 amide bonds. The van der Waals surface area contributed by atoms with Crippen molar-refractivity contribution in [1.29, 1.82) is 0 Å². The van der Waals surface area contributed by atoms with Gasteiger partial charge in [-0.15, -0.1) is 0 Å². The average Bonchev–Trinajstić information content (AvgIpc) is 2.14. The molecule has 0 aliphatic heterocycles. The van der Waals surface area contributed by atoms with Crippen molar-refractivity contribution in [2.75, 3.05) is 0 Å². The molecule has 1 rings (SSSR count). The van der Waals surface area contributed by atoms with Crippen LogP contribution in [0.25, 0.3) is 0 Å². The maximum absolute atomic E-state index is 12.2. The molecule has 0 aromatic heterocycles. The molecular formula is C12H13F3OS. The van der Waals surface area contributed by atoms with Gasteiger partial charge in [-0.25, -0.2) is 0 Å². The van der Waals surface area contributed by atoms with Crippen LogP contribution in [0.2, 0.25) is 0 Å². The monoisotopic (exact) mass is 262 g/mol. The minimum Gasteiger partial charge on any atom is -0.294 e. The van der Waals surface area contributed by atoms with Crippen molar-refractivity contribution in [3.63, 3.8) is 0 Å². The number of rotatable bonds is 4. The molecule has 0 saturated heterocycles. The van der Waals surface area contributed by atoms with E-state index < -0.39 is 5.51 Å². The van der Waals surface area contributed by atoms with Gasteiger partial charge in [0.25, 0.3) is 0 Å². The second-order valence-electron chi connectivity index (χ2n) is 4.10. The van der Waals surface area contributed by atoms with Crippen LogP contribution in [0.3, 0.4) is 0 Å². The molecular weight excluding hydrogens is 249 g/mol. The Morgan fingerprint density at radius 1 is 1.35 bits per heavy atom. The normalized spacial score (nSPS) is 11.9. The standard InChI is InChI=1S/C12H13F3OS/c1-8(2)6-11(16)9-4-3-5-10(7-9)17-12(13,14)15/h3-5,7-8H,6H2,1-2H3. The van der Waals surface area contributed by atoms with Gasteiger partial charge in [0.2, 0.25) is 0 Å². The summed E-state index contributed by atoms with van der Waals surface area (Å²) in [6.45, 7) is 3.79. The first-order valence-electron chi connectivity index (χ1n) is 5.17. The largest absolute Gasteiger partial charge is 0.446 e. The molecule has 0 fully saturated rings. The van der Waals surface area contributed by atoms with E-state index in [0.717, 1.165) is 0 Å². The minimum atomic E-state index is -4.32. The Bertz CT molecular complexity index is 399. The van der Waals surface area contributed by atoms with Crippen LogP contribution in [0, 0.1) is 5.92 Å². The van der Waals surface area contributed by atoms with Gasteiger partial charge < -0.3 is 0 Å². The number of benzene rings is 1. The lowest BCUT2D eigenvalue weighted by Gasteiger charge is -2.08. The van der Waals surface area contributed by atoms with Crippen LogP contribution in [0.15, 0.2) is 29.2 Å². The van der Waals surface area contributed by atoms with Gasteiger partial charge in [0.05, 0.1) is 0 Å². The second-order valence-corrected chi connectivity index (χ2v) is 5.24. The summed E-state index contributed by atoms with van der Waals surface area (Å²) in [4.78, 5) is 11.7. The molecule has 0 N–H and O–H groups in total. The summed E-state index contributed by atoms with van der Waals surface area (Å²) in [6, 6.07) is 5.67. The fourth-order valence-corrected chi connectivity index (χ4v) is 1.96. The zero-order valence-corrected chi connectivity index (χ0v) is 10.4. The highest BCUT2D eigenvalue weighted by Gasteiger charge is 2.29. The average molecular weight is 262 g/mol. The smallest absolute Gasteiger partial charge is 0.294 e. The van der Waals surface area contributed by atoms with Crippen LogP contribution in [0.5, 0.6) is 0 Å². The maximum Gasteiger partial charge on any atom is 0.446 e. The van der Waals surface area contributed by atoms with Gasteiger partial charge >= 0.3 is 5.51 Å². The van der Waals surface area contributed by atoms with Crippen LogP contribution < -0.4 is 0 Å². The Morgan fingerprint density at radius 3 is 2.53 bits per heavy atom. The Balaban J connectivity index is 2.82. The molecule has 17 heavy (non-hydrogen) atoms. The highest BCUT2D eigenvalue weighted by atomic mass is 32.2. The molecule has 94 valence electrons. The van der Waals surface area contributed by atoms with Gasteiger partial charge in [-0.3, -0.25) is 4.79 Å². The summed E-state index contributed by atoms with van der Waals surface area (Å²) in [5, 5.41) is 0. The van der Waals surface area contributed by atoms with Crippen LogP contribution >= 0.6 is 11.8 Å². The number of alkyl halides is 3. The summed E-state index contributed by atoms with van der Waals surface area (Å²) in [5.41, 5.74) is -3.98. The number of carbonyl (C=O) groups excluding carboxylic acids is 1. The summed E-state index contributed by atoms with van der Waals surface area (Å²) in [7, 11) is 0. The van der Waals surface area contributed by atoms with Crippen molar-refractivity contribution in [2.24, 2.45) is 5.92 Å². The fraction of sp³-hybridized carbons (Fsp3) is 0.417. The molecule has 0 heterocycles. The molecule has 0 bridgehead atoms. The molecule has 0 aliphatic carbocycles. The summed E-state index contributed by atoms with van der Waals surface area (Å²) >= 11 is -0.201. The first-order chi connectivity index (χ1) is 7.78.